The predicted octanol–water partition coefficient (Wildman–Crippen LogP) is 4.47. The normalized spacial score (nSPS) is 10.3. The number of ether oxygens (including phenoxy) is 1. The fourth-order valence-corrected chi connectivity index (χ4v) is 2.88. The molecular formula is C18H18ClNO3S. The molecule has 0 saturated heterocycles. The van der Waals surface area contributed by atoms with Crippen molar-refractivity contribution in [2.24, 2.45) is 0 Å². The number of benzene rings is 2. The van der Waals surface area contributed by atoms with Crippen molar-refractivity contribution in [3.05, 3.63) is 58.1 Å². The summed E-state index contributed by atoms with van der Waals surface area (Å²) in [5.41, 5.74) is 3.02. The Morgan fingerprint density at radius 2 is 1.79 bits per heavy atom. The number of nitrogens with one attached hydrogen (secondary N) is 1. The fraction of sp³-hybridized carbons (Fsp3) is 0.222. The van der Waals surface area contributed by atoms with Gasteiger partial charge in [-0.1, -0.05) is 17.7 Å². The van der Waals surface area contributed by atoms with Gasteiger partial charge in [-0.15, -0.1) is 11.8 Å². The Morgan fingerprint density at radius 1 is 1.12 bits per heavy atom. The average molecular weight is 364 g/mol. The minimum absolute atomic E-state index is 0.253. The van der Waals surface area contributed by atoms with Crippen LogP contribution in [0, 0.1) is 13.8 Å². The van der Waals surface area contributed by atoms with Gasteiger partial charge in [0.05, 0.1) is 10.6 Å². The molecule has 4 nitrogen and oxygen atoms in total. The van der Waals surface area contributed by atoms with Crippen LogP contribution in [0.4, 0.5) is 5.69 Å². The minimum Gasteiger partial charge on any atom is -0.452 e. The molecule has 0 aromatic heterocycles. The summed E-state index contributed by atoms with van der Waals surface area (Å²) in [6, 6.07) is 10.8. The molecule has 0 spiro atoms. The van der Waals surface area contributed by atoms with Crippen LogP contribution in [-0.4, -0.2) is 24.7 Å². The van der Waals surface area contributed by atoms with Crippen LogP contribution in [0.1, 0.15) is 21.5 Å². The number of anilines is 1. The number of amides is 1. The second kappa shape index (κ2) is 8.22. The molecule has 0 aliphatic heterocycles. The van der Waals surface area contributed by atoms with Gasteiger partial charge in [0.2, 0.25) is 0 Å². The largest absolute Gasteiger partial charge is 0.452 e. The molecule has 0 aliphatic carbocycles. The van der Waals surface area contributed by atoms with Gasteiger partial charge in [0.25, 0.3) is 5.91 Å². The number of esters is 1. The molecule has 24 heavy (non-hydrogen) atoms. The minimum atomic E-state index is -0.619. The number of carbonyl (C=O) groups excluding carboxylic acids is 2. The van der Waals surface area contributed by atoms with E-state index in [4.69, 9.17) is 16.3 Å². The van der Waals surface area contributed by atoms with E-state index in [9.17, 15) is 9.59 Å². The van der Waals surface area contributed by atoms with Crippen molar-refractivity contribution in [2.75, 3.05) is 18.2 Å². The first-order chi connectivity index (χ1) is 11.4. The van der Waals surface area contributed by atoms with Gasteiger partial charge in [0, 0.05) is 10.6 Å². The molecule has 0 heterocycles. The zero-order chi connectivity index (χ0) is 17.7. The highest BCUT2D eigenvalue weighted by atomic mass is 35.5. The van der Waals surface area contributed by atoms with E-state index in [-0.39, 0.29) is 12.2 Å². The van der Waals surface area contributed by atoms with Gasteiger partial charge >= 0.3 is 5.97 Å². The van der Waals surface area contributed by atoms with E-state index in [0.29, 0.717) is 10.7 Å². The number of hydrogen-bond acceptors (Lipinski definition) is 4. The third-order valence-electron chi connectivity index (χ3n) is 3.23. The second-order valence-corrected chi connectivity index (χ2v) is 6.63. The molecule has 2 aromatic carbocycles. The van der Waals surface area contributed by atoms with Crippen LogP contribution in [0.25, 0.3) is 0 Å². The lowest BCUT2D eigenvalue weighted by atomic mass is 10.1. The second-order valence-electron chi connectivity index (χ2n) is 5.35. The van der Waals surface area contributed by atoms with Crippen molar-refractivity contribution >= 4 is 40.9 Å². The van der Waals surface area contributed by atoms with Crippen molar-refractivity contribution in [1.29, 1.82) is 0 Å². The van der Waals surface area contributed by atoms with Crippen molar-refractivity contribution in [3.8, 4) is 0 Å². The third kappa shape index (κ3) is 5.01. The summed E-state index contributed by atoms with van der Waals surface area (Å²) < 4.78 is 5.06. The van der Waals surface area contributed by atoms with Gasteiger partial charge in [-0.3, -0.25) is 4.79 Å². The zero-order valence-electron chi connectivity index (χ0n) is 13.7. The molecule has 0 saturated carbocycles. The molecule has 2 aromatic rings. The molecule has 0 fully saturated rings. The van der Waals surface area contributed by atoms with Crippen LogP contribution in [0.3, 0.4) is 0 Å². The topological polar surface area (TPSA) is 55.4 Å². The van der Waals surface area contributed by atoms with E-state index in [2.05, 4.69) is 5.32 Å². The first-order valence-corrected chi connectivity index (χ1v) is 8.88. The highest BCUT2D eigenvalue weighted by Crippen LogP contribution is 2.23. The lowest BCUT2D eigenvalue weighted by Crippen LogP contribution is -2.21. The number of carbonyl (C=O) groups is 2. The molecule has 2 rings (SSSR count). The summed E-state index contributed by atoms with van der Waals surface area (Å²) in [6.07, 6.45) is 1.90. The Hall–Kier alpha value is -1.98. The summed E-state index contributed by atoms with van der Waals surface area (Å²) in [6.45, 7) is 3.53. The number of hydrogen-bond donors (Lipinski definition) is 1. The van der Waals surface area contributed by atoms with E-state index in [0.717, 1.165) is 16.0 Å². The molecule has 0 aliphatic rings. The monoisotopic (exact) mass is 363 g/mol. The van der Waals surface area contributed by atoms with E-state index < -0.39 is 11.9 Å². The van der Waals surface area contributed by atoms with Crippen LogP contribution in [0.15, 0.2) is 41.3 Å². The fourth-order valence-electron chi connectivity index (χ4n) is 2.24. The quantitative estimate of drug-likeness (QED) is 0.628. The highest BCUT2D eigenvalue weighted by molar-refractivity contribution is 7.98. The van der Waals surface area contributed by atoms with Gasteiger partial charge in [0.15, 0.2) is 6.61 Å². The highest BCUT2D eigenvalue weighted by Gasteiger charge is 2.14. The van der Waals surface area contributed by atoms with E-state index >= 15 is 0 Å². The van der Waals surface area contributed by atoms with E-state index in [1.165, 1.54) is 11.8 Å². The third-order valence-corrected chi connectivity index (χ3v) is 4.29. The van der Waals surface area contributed by atoms with E-state index in [1.807, 2.05) is 44.4 Å². The molecule has 0 radical (unpaired) electrons. The van der Waals surface area contributed by atoms with Gasteiger partial charge in [-0.25, -0.2) is 4.79 Å². The Balaban J connectivity index is 1.97. The summed E-state index contributed by atoms with van der Waals surface area (Å²) in [5, 5.41) is 3.01. The number of thioether (sulfide) groups is 1. The van der Waals surface area contributed by atoms with Gasteiger partial charge in [-0.2, -0.15) is 0 Å². The zero-order valence-corrected chi connectivity index (χ0v) is 15.3. The molecule has 6 heteroatoms. The van der Waals surface area contributed by atoms with Crippen LogP contribution >= 0.6 is 23.4 Å². The lowest BCUT2D eigenvalue weighted by molar-refractivity contribution is -0.119. The van der Waals surface area contributed by atoms with Crippen LogP contribution in [0.2, 0.25) is 5.02 Å². The Bertz CT molecular complexity index is 757. The molecule has 126 valence electrons. The van der Waals surface area contributed by atoms with Gasteiger partial charge in [0.1, 0.15) is 0 Å². The number of rotatable bonds is 5. The van der Waals surface area contributed by atoms with Gasteiger partial charge < -0.3 is 10.1 Å². The van der Waals surface area contributed by atoms with Crippen LogP contribution < -0.4 is 5.32 Å². The van der Waals surface area contributed by atoms with Crippen LogP contribution in [0.5, 0.6) is 0 Å². The van der Waals surface area contributed by atoms with Crippen molar-refractivity contribution < 1.29 is 14.3 Å². The molecular weight excluding hydrogens is 346 g/mol. The first kappa shape index (κ1) is 18.4. The molecule has 0 bridgehead atoms. The smallest absolute Gasteiger partial charge is 0.340 e. The van der Waals surface area contributed by atoms with Crippen molar-refractivity contribution in [2.45, 2.75) is 18.7 Å². The molecule has 0 atom stereocenters. The number of aryl methyl sites for hydroxylation is 2. The Morgan fingerprint density at radius 3 is 2.42 bits per heavy atom. The van der Waals surface area contributed by atoms with Crippen molar-refractivity contribution in [3.63, 3.8) is 0 Å². The Labute approximate surface area is 150 Å². The Kier molecular flexibility index (Phi) is 6.29. The molecule has 0 unspecified atom stereocenters. The summed E-state index contributed by atoms with van der Waals surface area (Å²) in [5.74, 6) is -1.02. The predicted molar refractivity (Wildman–Crippen MR) is 98.1 cm³/mol. The maximum Gasteiger partial charge on any atom is 0.340 e. The first-order valence-electron chi connectivity index (χ1n) is 7.28. The number of halogens is 1. The maximum atomic E-state index is 12.1. The molecule has 1 amide bonds. The average Bonchev–Trinajstić information content (AvgIpc) is 2.52. The SMILES string of the molecule is CSc1ccc(Cl)c(C(=O)OCC(=O)Nc2cc(C)cc(C)c2)c1. The summed E-state index contributed by atoms with van der Waals surface area (Å²) in [7, 11) is 0. The van der Waals surface area contributed by atoms with Gasteiger partial charge in [-0.05, 0) is 61.6 Å². The molecule has 1 N–H and O–H groups in total. The summed E-state index contributed by atoms with van der Waals surface area (Å²) in [4.78, 5) is 25.0. The van der Waals surface area contributed by atoms with Crippen LogP contribution in [-0.2, 0) is 9.53 Å². The maximum absolute atomic E-state index is 12.1. The van der Waals surface area contributed by atoms with Crippen molar-refractivity contribution in [1.82, 2.24) is 0 Å². The lowest BCUT2D eigenvalue weighted by Gasteiger charge is -2.09. The van der Waals surface area contributed by atoms with E-state index in [1.54, 1.807) is 12.1 Å². The summed E-state index contributed by atoms with van der Waals surface area (Å²) >= 11 is 7.51. The standard InChI is InChI=1S/C18H18ClNO3S/c1-11-6-12(2)8-13(7-11)20-17(21)10-23-18(22)15-9-14(24-3)4-5-16(15)19/h4-9H,10H2,1-3H3,(H,20,21).